The van der Waals surface area contributed by atoms with Crippen molar-refractivity contribution in [3.63, 3.8) is 0 Å². The summed E-state index contributed by atoms with van der Waals surface area (Å²) >= 11 is 5.94. The lowest BCUT2D eigenvalue weighted by molar-refractivity contribution is -0.140. The van der Waals surface area contributed by atoms with Crippen molar-refractivity contribution in [3.8, 4) is 0 Å². The van der Waals surface area contributed by atoms with Gasteiger partial charge in [-0.1, -0.05) is 23.7 Å². The van der Waals surface area contributed by atoms with Gasteiger partial charge < -0.3 is 25.3 Å². The molecule has 3 aliphatic rings. The van der Waals surface area contributed by atoms with Crippen LogP contribution in [-0.4, -0.2) is 91.4 Å². The minimum absolute atomic E-state index is 0.124. The van der Waals surface area contributed by atoms with Crippen LogP contribution in [0.15, 0.2) is 41.3 Å². The Kier molecular flexibility index (Phi) is 6.88. The number of carbonyl (C=O) groups excluding carboxylic acids is 2. The Morgan fingerprint density at radius 2 is 1.83 bits per heavy atom. The second-order valence-corrected chi connectivity index (χ2v) is 11.3. The van der Waals surface area contributed by atoms with E-state index >= 15 is 0 Å². The first-order valence-corrected chi connectivity index (χ1v) is 13.6. The molecule has 3 aromatic rings. The number of hydrogen-bond donors (Lipinski definition) is 3. The molecule has 1 unspecified atom stereocenters. The molecule has 2 amide bonds. The summed E-state index contributed by atoms with van der Waals surface area (Å²) in [4.78, 5) is 64.5. The molecule has 3 fully saturated rings. The van der Waals surface area contributed by atoms with Gasteiger partial charge in [0.25, 0.3) is 11.5 Å². The number of rotatable bonds is 8. The van der Waals surface area contributed by atoms with E-state index in [1.165, 1.54) is 26.6 Å². The smallest absolute Gasteiger partial charge is 0.317 e. The van der Waals surface area contributed by atoms with Crippen molar-refractivity contribution in [2.45, 2.75) is 32.3 Å². The number of amides is 2. The minimum atomic E-state index is -1.24. The van der Waals surface area contributed by atoms with E-state index in [2.05, 4.69) is 15.3 Å². The Labute approximate surface area is 238 Å². The number of hydrogen-bond acceptors (Lipinski definition) is 9. The van der Waals surface area contributed by atoms with Gasteiger partial charge in [-0.25, -0.2) is 14.9 Å². The maximum absolute atomic E-state index is 13.6. The highest BCUT2D eigenvalue weighted by atomic mass is 35.5. The van der Waals surface area contributed by atoms with Crippen LogP contribution >= 0.6 is 11.6 Å². The fourth-order valence-electron chi connectivity index (χ4n) is 5.36. The molecular weight excluding hydrogens is 554 g/mol. The molecule has 3 N–H and O–H groups in total. The zero-order chi connectivity index (χ0) is 28.9. The van der Waals surface area contributed by atoms with Crippen LogP contribution in [0.1, 0.15) is 28.8 Å². The number of aliphatic carboxylic acids is 1. The maximum Gasteiger partial charge on any atom is 0.317 e. The zero-order valence-corrected chi connectivity index (χ0v) is 22.8. The molecule has 4 heterocycles. The van der Waals surface area contributed by atoms with Gasteiger partial charge in [-0.3, -0.25) is 23.7 Å². The number of carboxylic acids is 1. The van der Waals surface area contributed by atoms with E-state index in [1.54, 1.807) is 29.2 Å². The predicted molar refractivity (Wildman–Crippen MR) is 147 cm³/mol. The van der Waals surface area contributed by atoms with E-state index < -0.39 is 23.8 Å². The van der Waals surface area contributed by atoms with Crippen LogP contribution < -0.4 is 15.8 Å². The first-order chi connectivity index (χ1) is 19.6. The van der Waals surface area contributed by atoms with Gasteiger partial charge in [0.2, 0.25) is 5.91 Å². The van der Waals surface area contributed by atoms with Crippen molar-refractivity contribution in [3.05, 3.63) is 63.0 Å². The number of anilines is 1. The first kappa shape index (κ1) is 27.1. The molecule has 0 radical (unpaired) electrons. The number of carboxylic acid groups (broad SMARTS) is 1. The Bertz CT molecular complexity index is 1600. The number of fused-ring (bicyclic) bond motifs is 1. The number of benzene rings is 1. The summed E-state index contributed by atoms with van der Waals surface area (Å²) in [5.41, 5.74) is 0.449. The fraction of sp³-hybridized carbons (Fsp3) is 0.407. The second kappa shape index (κ2) is 10.4. The van der Waals surface area contributed by atoms with Gasteiger partial charge in [0.1, 0.15) is 24.2 Å². The number of halogens is 1. The summed E-state index contributed by atoms with van der Waals surface area (Å²) in [5, 5.41) is 23.1. The Balaban J connectivity index is 1.32. The topological polar surface area (TPSA) is 161 Å². The summed E-state index contributed by atoms with van der Waals surface area (Å²) in [6.07, 6.45) is 2.32. The summed E-state index contributed by atoms with van der Waals surface area (Å²) in [5.74, 6) is -1.72. The lowest BCUT2D eigenvalue weighted by Crippen LogP contribution is -2.53. The molecule has 2 aromatic heterocycles. The molecule has 13 nitrogen and oxygen atoms in total. The van der Waals surface area contributed by atoms with E-state index in [0.717, 1.165) is 18.4 Å². The molecule has 1 aliphatic carbocycles. The van der Waals surface area contributed by atoms with Crippen LogP contribution in [0.3, 0.4) is 0 Å². The van der Waals surface area contributed by atoms with Crippen molar-refractivity contribution in [2.75, 3.05) is 37.6 Å². The fourth-order valence-corrected chi connectivity index (χ4v) is 5.49. The molecule has 1 aromatic carbocycles. The quantitative estimate of drug-likeness (QED) is 0.341. The van der Waals surface area contributed by atoms with Gasteiger partial charge in [-0.05, 0) is 36.6 Å². The van der Waals surface area contributed by atoms with Crippen LogP contribution in [-0.2, 0) is 22.7 Å². The first-order valence-electron chi connectivity index (χ1n) is 13.2. The van der Waals surface area contributed by atoms with Crippen molar-refractivity contribution >= 4 is 46.4 Å². The molecule has 1 spiro atoms. The van der Waals surface area contributed by atoms with E-state index in [9.17, 15) is 24.3 Å². The highest BCUT2D eigenvalue weighted by Gasteiger charge is 2.53. The average Bonchev–Trinajstić information content (AvgIpc) is 3.66. The molecule has 6 rings (SSSR count). The van der Waals surface area contributed by atoms with Gasteiger partial charge in [0, 0.05) is 43.2 Å². The van der Waals surface area contributed by atoms with E-state index in [1.807, 2.05) is 0 Å². The molecular formula is C27H28ClN7O6. The summed E-state index contributed by atoms with van der Waals surface area (Å²) < 4.78 is 1.17. The van der Waals surface area contributed by atoms with Crippen molar-refractivity contribution < 1.29 is 24.6 Å². The van der Waals surface area contributed by atoms with Crippen LogP contribution in [0.5, 0.6) is 0 Å². The molecule has 214 valence electrons. The van der Waals surface area contributed by atoms with E-state index in [-0.39, 0.29) is 66.6 Å². The third-order valence-electron chi connectivity index (χ3n) is 7.91. The van der Waals surface area contributed by atoms with Crippen LogP contribution in [0.25, 0.3) is 11.2 Å². The maximum atomic E-state index is 13.6. The number of nitrogens with zero attached hydrogens (tertiary/aromatic N) is 6. The number of aliphatic hydroxyl groups excluding tert-OH is 1. The molecule has 14 heteroatoms. The highest BCUT2D eigenvalue weighted by Crippen LogP contribution is 2.52. The largest absolute Gasteiger partial charge is 0.480 e. The molecule has 2 aliphatic heterocycles. The minimum Gasteiger partial charge on any atom is -0.480 e. The van der Waals surface area contributed by atoms with Gasteiger partial charge in [0.05, 0.1) is 6.20 Å². The predicted octanol–water partition coefficient (Wildman–Crippen LogP) is 0.480. The summed E-state index contributed by atoms with van der Waals surface area (Å²) in [6.45, 7) is 1.40. The van der Waals surface area contributed by atoms with E-state index in [4.69, 9.17) is 16.7 Å². The molecule has 0 bridgehead atoms. The Hall–Kier alpha value is -4.07. The van der Waals surface area contributed by atoms with Crippen LogP contribution in [0.4, 0.5) is 5.82 Å². The number of nitrogens with one attached hydrogen (secondary N) is 1. The SMILES string of the molecule is O=C(O)CN1CCN(c2cnc3c(cc(C(=O)NCc4ccc(Cl)cc4)c(=O)n3CC(=O)N3CC4(CC4)C3)n2)C1O. The van der Waals surface area contributed by atoms with Gasteiger partial charge in [-0.2, -0.15) is 0 Å². The number of aliphatic hydroxyl groups is 1. The normalized spacial score (nSPS) is 19.4. The van der Waals surface area contributed by atoms with Crippen molar-refractivity contribution in [2.24, 2.45) is 5.41 Å². The Morgan fingerprint density at radius 3 is 2.51 bits per heavy atom. The number of likely N-dealkylation sites (tertiary alicyclic amines) is 1. The molecule has 41 heavy (non-hydrogen) atoms. The lowest BCUT2D eigenvalue weighted by Gasteiger charge is -2.40. The van der Waals surface area contributed by atoms with Crippen molar-refractivity contribution in [1.29, 1.82) is 0 Å². The Morgan fingerprint density at radius 1 is 1.10 bits per heavy atom. The van der Waals surface area contributed by atoms with Crippen molar-refractivity contribution in [1.82, 2.24) is 29.7 Å². The second-order valence-electron chi connectivity index (χ2n) is 10.8. The monoisotopic (exact) mass is 581 g/mol. The highest BCUT2D eigenvalue weighted by molar-refractivity contribution is 6.30. The lowest BCUT2D eigenvalue weighted by atomic mass is 9.97. The van der Waals surface area contributed by atoms with E-state index in [0.29, 0.717) is 18.1 Å². The zero-order valence-electron chi connectivity index (χ0n) is 22.0. The summed E-state index contributed by atoms with van der Waals surface area (Å²) in [6, 6.07) is 8.23. The number of aromatic nitrogens is 3. The molecule has 1 saturated carbocycles. The third kappa shape index (κ3) is 5.35. The van der Waals surface area contributed by atoms with Gasteiger partial charge >= 0.3 is 5.97 Å². The number of pyridine rings is 1. The van der Waals surface area contributed by atoms with Crippen LogP contribution in [0.2, 0.25) is 5.02 Å². The van der Waals surface area contributed by atoms with Crippen LogP contribution in [0, 0.1) is 5.41 Å². The third-order valence-corrected chi connectivity index (χ3v) is 8.16. The number of carbonyl (C=O) groups is 3. The average molecular weight is 582 g/mol. The molecule has 1 atom stereocenters. The van der Waals surface area contributed by atoms with Gasteiger partial charge in [0.15, 0.2) is 17.8 Å². The van der Waals surface area contributed by atoms with Gasteiger partial charge in [-0.15, -0.1) is 0 Å². The molecule has 2 saturated heterocycles. The summed E-state index contributed by atoms with van der Waals surface area (Å²) in [7, 11) is 0. The standard InChI is InChI=1S/C27H28ClN7O6/c28-17-3-1-16(2-4-17)10-30-24(39)18-9-19-23(35(25(18)40)12-21(36)33-14-27(15-33)5-6-27)29-11-20(31-19)34-8-7-32(26(34)41)13-22(37)38/h1-4,9,11,26,41H,5-8,10,12-15H2,(H,30,39)(H,37,38).